The zero-order valence-corrected chi connectivity index (χ0v) is 11.6. The molecule has 0 aliphatic carbocycles. The average molecular weight is 279 g/mol. The molecule has 0 spiro atoms. The van der Waals surface area contributed by atoms with Gasteiger partial charge in [0.2, 0.25) is 5.91 Å². The molecule has 0 saturated carbocycles. The van der Waals surface area contributed by atoms with Crippen LogP contribution in [0.15, 0.2) is 18.2 Å². The number of hydrogen-bond donors (Lipinski definition) is 1. The van der Waals surface area contributed by atoms with E-state index in [0.29, 0.717) is 17.5 Å². The molecule has 1 amide bonds. The van der Waals surface area contributed by atoms with E-state index in [1.807, 2.05) is 0 Å². The standard InChI is InChI=1S/C15H18FNO3/c1-9-3-4-11(7-13(9)16)10(2)17-8-12(15(19)20)5-6-14(17)18/h3-4,7,10,12H,5-6,8H2,1-2H3,(H,19,20). The maximum atomic E-state index is 13.6. The second-order valence-corrected chi connectivity index (χ2v) is 5.30. The number of aliphatic carboxylic acids is 1. The molecule has 1 aliphatic rings. The quantitative estimate of drug-likeness (QED) is 0.925. The summed E-state index contributed by atoms with van der Waals surface area (Å²) in [6.07, 6.45) is 0.606. The minimum absolute atomic E-state index is 0.0732. The number of amides is 1. The topological polar surface area (TPSA) is 57.6 Å². The van der Waals surface area contributed by atoms with E-state index in [0.717, 1.165) is 0 Å². The predicted octanol–water partition coefficient (Wildman–Crippen LogP) is 2.52. The SMILES string of the molecule is Cc1ccc(C(C)N2CC(C(=O)O)CCC2=O)cc1F. The Balaban J connectivity index is 2.21. The molecule has 1 aromatic carbocycles. The third-order valence-electron chi connectivity index (χ3n) is 3.94. The van der Waals surface area contributed by atoms with E-state index in [1.54, 1.807) is 26.0 Å². The fraction of sp³-hybridized carbons (Fsp3) is 0.467. The summed E-state index contributed by atoms with van der Waals surface area (Å²) in [6.45, 7) is 3.66. The number of halogens is 1. The van der Waals surface area contributed by atoms with Crippen LogP contribution >= 0.6 is 0 Å². The van der Waals surface area contributed by atoms with Gasteiger partial charge in [0.15, 0.2) is 0 Å². The normalized spacial score (nSPS) is 20.9. The zero-order chi connectivity index (χ0) is 14.9. The summed E-state index contributed by atoms with van der Waals surface area (Å²) in [5.41, 5.74) is 1.24. The lowest BCUT2D eigenvalue weighted by atomic mass is 9.94. The molecule has 2 rings (SSSR count). The van der Waals surface area contributed by atoms with Gasteiger partial charge < -0.3 is 10.0 Å². The Labute approximate surface area is 117 Å². The predicted molar refractivity (Wildman–Crippen MR) is 71.6 cm³/mol. The summed E-state index contributed by atoms with van der Waals surface area (Å²) >= 11 is 0. The molecular formula is C15H18FNO3. The highest BCUT2D eigenvalue weighted by atomic mass is 19.1. The first-order chi connectivity index (χ1) is 9.40. The summed E-state index contributed by atoms with van der Waals surface area (Å²) in [7, 11) is 0. The van der Waals surface area contributed by atoms with Gasteiger partial charge in [-0.05, 0) is 37.5 Å². The largest absolute Gasteiger partial charge is 0.481 e. The molecule has 1 heterocycles. The third kappa shape index (κ3) is 2.81. The Morgan fingerprint density at radius 3 is 2.80 bits per heavy atom. The number of carboxylic acid groups (broad SMARTS) is 1. The van der Waals surface area contributed by atoms with Crippen LogP contribution < -0.4 is 0 Å². The number of rotatable bonds is 3. The van der Waals surface area contributed by atoms with E-state index in [1.165, 1.54) is 11.0 Å². The van der Waals surface area contributed by atoms with Gasteiger partial charge in [-0.3, -0.25) is 9.59 Å². The van der Waals surface area contributed by atoms with Crippen LogP contribution in [0.5, 0.6) is 0 Å². The third-order valence-corrected chi connectivity index (χ3v) is 3.94. The van der Waals surface area contributed by atoms with E-state index in [4.69, 9.17) is 5.11 Å². The van der Waals surface area contributed by atoms with Crippen LogP contribution in [-0.4, -0.2) is 28.4 Å². The Morgan fingerprint density at radius 1 is 1.50 bits per heavy atom. The second kappa shape index (κ2) is 5.61. The van der Waals surface area contributed by atoms with Crippen molar-refractivity contribution in [2.24, 2.45) is 5.92 Å². The van der Waals surface area contributed by atoms with Crippen molar-refractivity contribution in [2.75, 3.05) is 6.54 Å². The Kier molecular flexibility index (Phi) is 4.06. The molecule has 5 heteroatoms. The molecule has 0 radical (unpaired) electrons. The highest BCUT2D eigenvalue weighted by molar-refractivity contribution is 5.80. The van der Waals surface area contributed by atoms with Crippen LogP contribution in [0.25, 0.3) is 0 Å². The molecule has 1 fully saturated rings. The summed E-state index contributed by atoms with van der Waals surface area (Å²) in [6, 6.07) is 4.54. The van der Waals surface area contributed by atoms with Gasteiger partial charge in [-0.2, -0.15) is 0 Å². The minimum Gasteiger partial charge on any atom is -0.481 e. The van der Waals surface area contributed by atoms with Crippen LogP contribution in [0, 0.1) is 18.7 Å². The van der Waals surface area contributed by atoms with Crippen molar-refractivity contribution in [1.82, 2.24) is 4.90 Å². The molecule has 2 unspecified atom stereocenters. The number of carbonyl (C=O) groups is 2. The molecule has 0 bridgehead atoms. The molecule has 108 valence electrons. The van der Waals surface area contributed by atoms with E-state index in [9.17, 15) is 14.0 Å². The van der Waals surface area contributed by atoms with Gasteiger partial charge >= 0.3 is 5.97 Å². The van der Waals surface area contributed by atoms with Gasteiger partial charge in [0.1, 0.15) is 5.82 Å². The smallest absolute Gasteiger partial charge is 0.308 e. The fourth-order valence-corrected chi connectivity index (χ4v) is 2.50. The number of likely N-dealkylation sites (tertiary alicyclic amines) is 1. The Hall–Kier alpha value is -1.91. The van der Waals surface area contributed by atoms with Crippen molar-refractivity contribution in [3.63, 3.8) is 0 Å². The molecule has 1 aliphatic heterocycles. The Bertz CT molecular complexity index is 544. The van der Waals surface area contributed by atoms with Crippen LogP contribution in [-0.2, 0) is 9.59 Å². The number of benzene rings is 1. The highest BCUT2D eigenvalue weighted by Crippen LogP contribution is 2.28. The first-order valence-electron chi connectivity index (χ1n) is 6.68. The van der Waals surface area contributed by atoms with E-state index in [-0.39, 0.29) is 30.7 Å². The fourth-order valence-electron chi connectivity index (χ4n) is 2.50. The van der Waals surface area contributed by atoms with Crippen molar-refractivity contribution in [3.8, 4) is 0 Å². The lowest BCUT2D eigenvalue weighted by Crippen LogP contribution is -2.43. The summed E-state index contributed by atoms with van der Waals surface area (Å²) < 4.78 is 13.6. The van der Waals surface area contributed by atoms with Crippen molar-refractivity contribution < 1.29 is 19.1 Å². The van der Waals surface area contributed by atoms with Crippen LogP contribution in [0.2, 0.25) is 0 Å². The molecule has 2 atom stereocenters. The molecule has 0 aromatic heterocycles. The summed E-state index contributed by atoms with van der Waals surface area (Å²) in [5, 5.41) is 9.08. The highest BCUT2D eigenvalue weighted by Gasteiger charge is 2.33. The summed E-state index contributed by atoms with van der Waals surface area (Å²) in [4.78, 5) is 24.6. The molecular weight excluding hydrogens is 261 g/mol. The summed E-state index contributed by atoms with van der Waals surface area (Å²) in [5.74, 6) is -1.81. The average Bonchev–Trinajstić information content (AvgIpc) is 2.41. The van der Waals surface area contributed by atoms with Gasteiger partial charge in [0, 0.05) is 13.0 Å². The lowest BCUT2D eigenvalue weighted by Gasteiger charge is -2.35. The zero-order valence-electron chi connectivity index (χ0n) is 11.6. The van der Waals surface area contributed by atoms with Gasteiger partial charge in [-0.1, -0.05) is 12.1 Å². The number of hydrogen-bond acceptors (Lipinski definition) is 2. The molecule has 1 aromatic rings. The monoisotopic (exact) mass is 279 g/mol. The molecule has 20 heavy (non-hydrogen) atoms. The van der Waals surface area contributed by atoms with Gasteiger partial charge in [-0.25, -0.2) is 4.39 Å². The van der Waals surface area contributed by atoms with Crippen molar-refractivity contribution in [1.29, 1.82) is 0 Å². The van der Waals surface area contributed by atoms with Crippen molar-refractivity contribution in [2.45, 2.75) is 32.7 Å². The maximum absolute atomic E-state index is 13.6. The minimum atomic E-state index is -0.884. The number of nitrogens with zero attached hydrogens (tertiary/aromatic N) is 1. The van der Waals surface area contributed by atoms with E-state index < -0.39 is 11.9 Å². The van der Waals surface area contributed by atoms with E-state index >= 15 is 0 Å². The number of carboxylic acids is 1. The van der Waals surface area contributed by atoms with Crippen LogP contribution in [0.4, 0.5) is 4.39 Å². The van der Waals surface area contributed by atoms with Gasteiger partial charge in [0.25, 0.3) is 0 Å². The number of aryl methyl sites for hydroxylation is 1. The first kappa shape index (κ1) is 14.5. The van der Waals surface area contributed by atoms with Crippen LogP contribution in [0.3, 0.4) is 0 Å². The lowest BCUT2D eigenvalue weighted by molar-refractivity contribution is -0.148. The molecule has 1 N–H and O–H groups in total. The van der Waals surface area contributed by atoms with E-state index in [2.05, 4.69) is 0 Å². The van der Waals surface area contributed by atoms with Gasteiger partial charge in [-0.15, -0.1) is 0 Å². The van der Waals surface area contributed by atoms with Gasteiger partial charge in [0.05, 0.1) is 12.0 Å². The second-order valence-electron chi connectivity index (χ2n) is 5.30. The Morgan fingerprint density at radius 2 is 2.20 bits per heavy atom. The van der Waals surface area contributed by atoms with Crippen LogP contribution in [0.1, 0.15) is 36.9 Å². The van der Waals surface area contributed by atoms with Crippen molar-refractivity contribution in [3.05, 3.63) is 35.1 Å². The number of carbonyl (C=O) groups excluding carboxylic acids is 1. The maximum Gasteiger partial charge on any atom is 0.308 e. The van der Waals surface area contributed by atoms with Crippen molar-refractivity contribution >= 4 is 11.9 Å². The molecule has 1 saturated heterocycles. The molecule has 4 nitrogen and oxygen atoms in total. The first-order valence-corrected chi connectivity index (χ1v) is 6.68. The number of piperidine rings is 1.